The molecule has 2 amide bonds. The number of amides is 2. The molecule has 0 radical (unpaired) electrons. The molecule has 0 aromatic heterocycles. The highest BCUT2D eigenvalue weighted by molar-refractivity contribution is 6.42. The van der Waals surface area contributed by atoms with Gasteiger partial charge in [0.15, 0.2) is 6.61 Å². The largest absolute Gasteiger partial charge is 0.484 e. The number of ether oxygens (including phenoxy) is 1. The monoisotopic (exact) mass is 436 g/mol. The number of halogens is 2. The van der Waals surface area contributed by atoms with E-state index in [0.717, 1.165) is 12.0 Å². The van der Waals surface area contributed by atoms with Crippen LogP contribution in [0.5, 0.6) is 5.75 Å². The molecule has 0 aliphatic heterocycles. The molecule has 2 aromatic rings. The Bertz CT molecular complexity index is 840. The van der Waals surface area contributed by atoms with Gasteiger partial charge in [0.1, 0.15) is 11.8 Å². The van der Waals surface area contributed by atoms with Crippen molar-refractivity contribution in [2.24, 2.45) is 0 Å². The lowest BCUT2D eigenvalue weighted by molar-refractivity contribution is -0.142. The van der Waals surface area contributed by atoms with Crippen LogP contribution < -0.4 is 10.1 Å². The van der Waals surface area contributed by atoms with Gasteiger partial charge < -0.3 is 15.0 Å². The Labute approximate surface area is 181 Å². The van der Waals surface area contributed by atoms with Crippen molar-refractivity contribution in [2.45, 2.75) is 39.8 Å². The minimum Gasteiger partial charge on any atom is -0.484 e. The van der Waals surface area contributed by atoms with E-state index < -0.39 is 6.04 Å². The molecule has 1 N–H and O–H groups in total. The molecule has 5 nitrogen and oxygen atoms in total. The van der Waals surface area contributed by atoms with E-state index in [2.05, 4.69) is 12.2 Å². The molecular formula is C22H26Cl2N2O3. The fourth-order valence-electron chi connectivity index (χ4n) is 2.79. The first-order valence-electron chi connectivity index (χ1n) is 9.58. The van der Waals surface area contributed by atoms with E-state index in [-0.39, 0.29) is 25.0 Å². The van der Waals surface area contributed by atoms with Gasteiger partial charge in [0.05, 0.1) is 10.0 Å². The van der Waals surface area contributed by atoms with E-state index in [1.807, 2.05) is 31.2 Å². The fraction of sp³-hybridized carbons (Fsp3) is 0.364. The van der Waals surface area contributed by atoms with Crippen molar-refractivity contribution in [1.82, 2.24) is 10.2 Å². The summed E-state index contributed by atoms with van der Waals surface area (Å²) >= 11 is 12.1. The summed E-state index contributed by atoms with van der Waals surface area (Å²) in [5.74, 6) is 0.0818. The molecule has 0 saturated carbocycles. The zero-order valence-electron chi connectivity index (χ0n) is 16.9. The Kier molecular flexibility index (Phi) is 8.80. The van der Waals surface area contributed by atoms with Crippen molar-refractivity contribution >= 4 is 35.0 Å². The molecule has 0 aliphatic rings. The van der Waals surface area contributed by atoms with E-state index in [9.17, 15) is 9.59 Å². The zero-order chi connectivity index (χ0) is 21.4. The quantitative estimate of drug-likeness (QED) is 0.629. The number of benzene rings is 2. The number of hydrogen-bond donors (Lipinski definition) is 1. The van der Waals surface area contributed by atoms with Crippen molar-refractivity contribution in [2.75, 3.05) is 13.2 Å². The maximum Gasteiger partial charge on any atom is 0.261 e. The second-order valence-electron chi connectivity index (χ2n) is 6.63. The molecule has 1 atom stereocenters. The number of carbonyl (C=O) groups is 2. The molecule has 0 aliphatic carbocycles. The van der Waals surface area contributed by atoms with Crippen LogP contribution in [0, 0.1) is 0 Å². The van der Waals surface area contributed by atoms with Crippen LogP contribution in [-0.2, 0) is 22.6 Å². The van der Waals surface area contributed by atoms with Gasteiger partial charge in [-0.2, -0.15) is 0 Å². The van der Waals surface area contributed by atoms with Gasteiger partial charge >= 0.3 is 0 Å². The Morgan fingerprint density at radius 1 is 1.03 bits per heavy atom. The van der Waals surface area contributed by atoms with Gasteiger partial charge in [-0.15, -0.1) is 0 Å². The molecule has 2 aromatic carbocycles. The van der Waals surface area contributed by atoms with Crippen LogP contribution in [0.15, 0.2) is 42.5 Å². The van der Waals surface area contributed by atoms with Crippen LogP contribution >= 0.6 is 23.2 Å². The van der Waals surface area contributed by atoms with Crippen molar-refractivity contribution in [1.29, 1.82) is 0 Å². The number of nitrogens with one attached hydrogen (secondary N) is 1. The molecule has 0 fully saturated rings. The minimum absolute atomic E-state index is 0.170. The molecular weight excluding hydrogens is 411 g/mol. The maximum absolute atomic E-state index is 12.9. The van der Waals surface area contributed by atoms with Crippen molar-refractivity contribution in [3.63, 3.8) is 0 Å². The van der Waals surface area contributed by atoms with E-state index in [1.54, 1.807) is 25.1 Å². The fourth-order valence-corrected chi connectivity index (χ4v) is 3.11. The average molecular weight is 437 g/mol. The van der Waals surface area contributed by atoms with E-state index >= 15 is 0 Å². The predicted octanol–water partition coefficient (Wildman–Crippen LogP) is 4.49. The molecule has 0 heterocycles. The topological polar surface area (TPSA) is 58.6 Å². The lowest BCUT2D eigenvalue weighted by Crippen LogP contribution is -2.49. The summed E-state index contributed by atoms with van der Waals surface area (Å²) in [6.07, 6.45) is 0.931. The molecule has 29 heavy (non-hydrogen) atoms. The highest BCUT2D eigenvalue weighted by Gasteiger charge is 2.26. The van der Waals surface area contributed by atoms with Gasteiger partial charge in [-0.05, 0) is 55.7 Å². The number of hydrogen-bond acceptors (Lipinski definition) is 3. The number of aryl methyl sites for hydroxylation is 1. The first-order valence-corrected chi connectivity index (χ1v) is 10.3. The summed E-state index contributed by atoms with van der Waals surface area (Å²) in [4.78, 5) is 26.7. The summed E-state index contributed by atoms with van der Waals surface area (Å²) in [7, 11) is 0. The molecule has 156 valence electrons. The number of carbonyl (C=O) groups excluding carboxylic acids is 2. The first-order chi connectivity index (χ1) is 13.8. The van der Waals surface area contributed by atoms with Crippen LogP contribution in [0.4, 0.5) is 0 Å². The van der Waals surface area contributed by atoms with Crippen LogP contribution in [-0.4, -0.2) is 35.9 Å². The van der Waals surface area contributed by atoms with E-state index in [1.165, 1.54) is 10.5 Å². The Morgan fingerprint density at radius 2 is 1.69 bits per heavy atom. The summed E-state index contributed by atoms with van der Waals surface area (Å²) in [5.41, 5.74) is 1.96. The molecule has 0 bridgehead atoms. The molecule has 2 rings (SSSR count). The smallest absolute Gasteiger partial charge is 0.261 e. The summed E-state index contributed by atoms with van der Waals surface area (Å²) < 4.78 is 5.65. The van der Waals surface area contributed by atoms with Crippen LogP contribution in [0.25, 0.3) is 0 Å². The van der Waals surface area contributed by atoms with Crippen molar-refractivity contribution < 1.29 is 14.3 Å². The summed E-state index contributed by atoms with van der Waals surface area (Å²) in [5, 5.41) is 3.58. The normalized spacial score (nSPS) is 11.6. The third-order valence-electron chi connectivity index (χ3n) is 4.55. The Morgan fingerprint density at radius 3 is 2.28 bits per heavy atom. The summed E-state index contributed by atoms with van der Waals surface area (Å²) in [6.45, 7) is 6.12. The van der Waals surface area contributed by atoms with Crippen molar-refractivity contribution in [3.05, 3.63) is 63.6 Å². The van der Waals surface area contributed by atoms with Crippen LogP contribution in [0.1, 0.15) is 31.9 Å². The number of rotatable bonds is 9. The van der Waals surface area contributed by atoms with Crippen LogP contribution in [0.3, 0.4) is 0 Å². The van der Waals surface area contributed by atoms with E-state index in [0.29, 0.717) is 22.3 Å². The molecule has 1 unspecified atom stereocenters. The zero-order valence-corrected chi connectivity index (χ0v) is 18.4. The van der Waals surface area contributed by atoms with Gasteiger partial charge in [-0.1, -0.05) is 48.3 Å². The van der Waals surface area contributed by atoms with Gasteiger partial charge in [0.2, 0.25) is 5.91 Å². The molecule has 7 heteroatoms. The third kappa shape index (κ3) is 6.65. The maximum atomic E-state index is 12.9. The summed E-state index contributed by atoms with van der Waals surface area (Å²) in [6, 6.07) is 12.1. The van der Waals surface area contributed by atoms with Crippen LogP contribution in [0.2, 0.25) is 10.0 Å². The minimum atomic E-state index is -0.664. The molecule has 0 saturated heterocycles. The Hall–Kier alpha value is -2.24. The van der Waals surface area contributed by atoms with Gasteiger partial charge in [-0.3, -0.25) is 9.59 Å². The highest BCUT2D eigenvalue weighted by atomic mass is 35.5. The highest BCUT2D eigenvalue weighted by Crippen LogP contribution is 2.24. The second kappa shape index (κ2) is 11.1. The number of nitrogens with zero attached hydrogens (tertiary/aromatic N) is 1. The van der Waals surface area contributed by atoms with E-state index in [4.69, 9.17) is 27.9 Å². The standard InChI is InChI=1S/C22H26Cl2N2O3/c1-4-16-6-9-18(10-7-16)29-14-21(27)26(15(3)22(28)25-5-2)13-17-8-11-19(23)20(24)12-17/h6-12,15H,4-5,13-14H2,1-3H3,(H,25,28). The third-order valence-corrected chi connectivity index (χ3v) is 5.29. The second-order valence-corrected chi connectivity index (χ2v) is 7.44. The predicted molar refractivity (Wildman–Crippen MR) is 116 cm³/mol. The van der Waals surface area contributed by atoms with Gasteiger partial charge in [0, 0.05) is 13.1 Å². The lowest BCUT2D eigenvalue weighted by atomic mass is 10.1. The Balaban J connectivity index is 2.14. The van der Waals surface area contributed by atoms with Crippen molar-refractivity contribution in [3.8, 4) is 5.75 Å². The van der Waals surface area contributed by atoms with Gasteiger partial charge in [-0.25, -0.2) is 0 Å². The van der Waals surface area contributed by atoms with Gasteiger partial charge in [0.25, 0.3) is 5.91 Å². The number of likely N-dealkylation sites (N-methyl/N-ethyl adjacent to an activating group) is 1. The SMILES string of the molecule is CCNC(=O)C(C)N(Cc1ccc(Cl)c(Cl)c1)C(=O)COc1ccc(CC)cc1. The first kappa shape index (κ1) is 23.0. The lowest BCUT2D eigenvalue weighted by Gasteiger charge is -2.28. The molecule has 0 spiro atoms. The average Bonchev–Trinajstić information content (AvgIpc) is 2.72.